The number of amides is 2. The highest BCUT2D eigenvalue weighted by atomic mass is 16.5. The number of urea groups is 1. The summed E-state index contributed by atoms with van der Waals surface area (Å²) in [5.74, 6) is 0.0706. The lowest BCUT2D eigenvalue weighted by atomic mass is 9.89. The highest BCUT2D eigenvalue weighted by Gasteiger charge is 2.39. The molecule has 3 N–H and O–H groups in total. The number of nitrogens with one attached hydrogen (secondary N) is 2. The normalized spacial score (nSPS) is 28.0. The molecule has 2 bridgehead atoms. The molecule has 2 saturated carbocycles. The second-order valence-corrected chi connectivity index (χ2v) is 5.96. The van der Waals surface area contributed by atoms with Gasteiger partial charge in [0.05, 0.1) is 13.5 Å². The summed E-state index contributed by atoms with van der Waals surface area (Å²) in [6.45, 7) is 0.567. The van der Waals surface area contributed by atoms with Crippen molar-refractivity contribution in [2.24, 2.45) is 17.8 Å². The van der Waals surface area contributed by atoms with Gasteiger partial charge in [0.2, 0.25) is 0 Å². The molecule has 2 fully saturated rings. The van der Waals surface area contributed by atoms with Gasteiger partial charge < -0.3 is 20.5 Å². The van der Waals surface area contributed by atoms with E-state index >= 15 is 0 Å². The summed E-state index contributed by atoms with van der Waals surface area (Å²) >= 11 is 0. The van der Waals surface area contributed by atoms with Gasteiger partial charge >= 0.3 is 18.0 Å². The van der Waals surface area contributed by atoms with Crippen molar-refractivity contribution in [1.29, 1.82) is 0 Å². The molecular formula is C14H22N2O5. The molecule has 3 unspecified atom stereocenters. The second-order valence-electron chi connectivity index (χ2n) is 5.96. The quantitative estimate of drug-likeness (QED) is 0.627. The Balaban J connectivity index is 1.74. The van der Waals surface area contributed by atoms with Crippen molar-refractivity contribution >= 4 is 18.0 Å². The molecule has 0 radical (unpaired) electrons. The molecule has 7 nitrogen and oxygen atoms in total. The van der Waals surface area contributed by atoms with E-state index in [-0.39, 0.29) is 6.42 Å². The number of carbonyl (C=O) groups is 3. The van der Waals surface area contributed by atoms with Crippen LogP contribution in [0, 0.1) is 17.8 Å². The number of carboxylic acid groups (broad SMARTS) is 1. The highest BCUT2D eigenvalue weighted by molar-refractivity contribution is 5.86. The van der Waals surface area contributed by atoms with E-state index in [0.717, 1.165) is 12.3 Å². The largest absolute Gasteiger partial charge is 0.480 e. The van der Waals surface area contributed by atoms with Crippen LogP contribution in [-0.2, 0) is 14.3 Å². The first-order chi connectivity index (χ1) is 9.99. The van der Waals surface area contributed by atoms with Gasteiger partial charge in [-0.1, -0.05) is 6.42 Å². The molecule has 0 aromatic carbocycles. The zero-order chi connectivity index (χ0) is 15.4. The van der Waals surface area contributed by atoms with E-state index in [2.05, 4.69) is 15.4 Å². The van der Waals surface area contributed by atoms with E-state index in [9.17, 15) is 14.4 Å². The van der Waals surface area contributed by atoms with Crippen LogP contribution in [0.2, 0.25) is 0 Å². The topological polar surface area (TPSA) is 105 Å². The third-order valence-electron chi connectivity index (χ3n) is 4.61. The fourth-order valence-electron chi connectivity index (χ4n) is 3.51. The Bertz CT molecular complexity index is 426. The molecule has 2 aliphatic rings. The number of hydrogen-bond donors (Lipinski definition) is 3. The Morgan fingerprint density at radius 1 is 1.29 bits per heavy atom. The van der Waals surface area contributed by atoms with E-state index in [1.165, 1.54) is 26.4 Å². The predicted octanol–water partition coefficient (Wildman–Crippen LogP) is 0.738. The highest BCUT2D eigenvalue weighted by Crippen LogP contribution is 2.47. The van der Waals surface area contributed by atoms with Gasteiger partial charge in [0.25, 0.3) is 0 Å². The minimum absolute atomic E-state index is 0.382. The van der Waals surface area contributed by atoms with Crippen LogP contribution >= 0.6 is 0 Å². The Labute approximate surface area is 123 Å². The third-order valence-corrected chi connectivity index (χ3v) is 4.61. The molecule has 0 saturated heterocycles. The number of carbonyl (C=O) groups excluding carboxylic acids is 2. The summed E-state index contributed by atoms with van der Waals surface area (Å²) < 4.78 is 4.41. The molecule has 0 aromatic heterocycles. The summed E-state index contributed by atoms with van der Waals surface area (Å²) in [6, 6.07) is -1.81. The number of ether oxygens (including phenoxy) is 1. The van der Waals surface area contributed by atoms with Crippen LogP contribution < -0.4 is 10.6 Å². The Hall–Kier alpha value is -1.79. The number of carboxylic acids is 1. The van der Waals surface area contributed by atoms with Crippen molar-refractivity contribution in [3.05, 3.63) is 0 Å². The molecule has 7 heteroatoms. The van der Waals surface area contributed by atoms with E-state index in [1.807, 2.05) is 0 Å². The van der Waals surface area contributed by atoms with Crippen LogP contribution in [0.5, 0.6) is 0 Å². The summed E-state index contributed by atoms with van der Waals surface area (Å²) in [5.41, 5.74) is 0. The monoisotopic (exact) mass is 298 g/mol. The Morgan fingerprint density at radius 3 is 2.57 bits per heavy atom. The van der Waals surface area contributed by atoms with Gasteiger partial charge in [0, 0.05) is 6.54 Å². The van der Waals surface area contributed by atoms with E-state index < -0.39 is 24.0 Å². The summed E-state index contributed by atoms with van der Waals surface area (Å²) in [4.78, 5) is 33.9. The van der Waals surface area contributed by atoms with Crippen molar-refractivity contribution in [2.75, 3.05) is 13.7 Å². The number of aliphatic carboxylic acids is 1. The van der Waals surface area contributed by atoms with Crippen molar-refractivity contribution in [2.45, 2.75) is 38.1 Å². The summed E-state index contributed by atoms with van der Waals surface area (Å²) in [6.07, 6.45) is 4.56. The third kappa shape index (κ3) is 4.09. The van der Waals surface area contributed by atoms with Crippen molar-refractivity contribution in [1.82, 2.24) is 10.6 Å². The first kappa shape index (κ1) is 15.6. The fraction of sp³-hybridized carbons (Fsp3) is 0.786. The lowest BCUT2D eigenvalue weighted by Crippen LogP contribution is -2.48. The Morgan fingerprint density at radius 2 is 2.05 bits per heavy atom. The van der Waals surface area contributed by atoms with Crippen molar-refractivity contribution in [3.8, 4) is 0 Å². The minimum Gasteiger partial charge on any atom is -0.480 e. The number of hydrogen-bond acceptors (Lipinski definition) is 4. The maximum absolute atomic E-state index is 11.8. The van der Waals surface area contributed by atoms with E-state index in [0.29, 0.717) is 18.4 Å². The van der Waals surface area contributed by atoms with Gasteiger partial charge in [-0.3, -0.25) is 4.79 Å². The van der Waals surface area contributed by atoms with E-state index in [1.54, 1.807) is 0 Å². The van der Waals surface area contributed by atoms with Gasteiger partial charge in [0.1, 0.15) is 6.04 Å². The average molecular weight is 298 g/mol. The molecule has 2 rings (SSSR count). The van der Waals surface area contributed by atoms with Crippen LogP contribution in [0.15, 0.2) is 0 Å². The lowest BCUT2D eigenvalue weighted by molar-refractivity contribution is -0.147. The molecule has 4 atom stereocenters. The zero-order valence-electron chi connectivity index (χ0n) is 12.1. The van der Waals surface area contributed by atoms with Crippen LogP contribution in [0.1, 0.15) is 32.1 Å². The molecule has 0 spiro atoms. The van der Waals surface area contributed by atoms with Gasteiger partial charge in [-0.2, -0.15) is 0 Å². The predicted molar refractivity (Wildman–Crippen MR) is 73.5 cm³/mol. The Kier molecular flexibility index (Phi) is 5.03. The molecule has 2 amide bonds. The standard InChI is InChI=1S/C14H22N2O5/c1-21-12(17)6-11(13(18)19)16-14(20)15-7-10-5-8-2-3-9(10)4-8/h8-11H,2-7H2,1H3,(H,18,19)(H2,15,16,20)/t8?,9?,10?,11-/m0/s1. The first-order valence-electron chi connectivity index (χ1n) is 7.33. The van der Waals surface area contributed by atoms with Gasteiger partial charge in [-0.25, -0.2) is 9.59 Å². The van der Waals surface area contributed by atoms with Crippen LogP contribution in [-0.4, -0.2) is 42.8 Å². The zero-order valence-corrected chi connectivity index (χ0v) is 12.1. The number of fused-ring (bicyclic) bond motifs is 2. The first-order valence-corrected chi connectivity index (χ1v) is 7.33. The van der Waals surface area contributed by atoms with Crippen molar-refractivity contribution in [3.63, 3.8) is 0 Å². The SMILES string of the molecule is COC(=O)C[C@H](NC(=O)NCC1CC2CCC1C2)C(=O)O. The molecular weight excluding hydrogens is 276 g/mol. The molecule has 0 heterocycles. The number of rotatable bonds is 6. The van der Waals surface area contributed by atoms with Gasteiger partial charge in [-0.05, 0) is 37.0 Å². The smallest absolute Gasteiger partial charge is 0.326 e. The summed E-state index contributed by atoms with van der Waals surface area (Å²) in [5, 5.41) is 14.0. The molecule has 0 aliphatic heterocycles. The number of methoxy groups -OCH3 is 1. The van der Waals surface area contributed by atoms with Crippen LogP contribution in [0.3, 0.4) is 0 Å². The molecule has 118 valence electrons. The van der Waals surface area contributed by atoms with E-state index in [4.69, 9.17) is 5.11 Å². The van der Waals surface area contributed by atoms with Crippen molar-refractivity contribution < 1.29 is 24.2 Å². The summed E-state index contributed by atoms with van der Waals surface area (Å²) in [7, 11) is 1.18. The van der Waals surface area contributed by atoms with Gasteiger partial charge in [-0.15, -0.1) is 0 Å². The average Bonchev–Trinajstić information content (AvgIpc) is 3.06. The molecule has 21 heavy (non-hydrogen) atoms. The maximum atomic E-state index is 11.8. The molecule has 2 aliphatic carbocycles. The molecule has 0 aromatic rings. The fourth-order valence-corrected chi connectivity index (χ4v) is 3.51. The second kappa shape index (κ2) is 6.78. The van der Waals surface area contributed by atoms with Gasteiger partial charge in [0.15, 0.2) is 0 Å². The minimum atomic E-state index is -1.27. The van der Waals surface area contributed by atoms with Crippen LogP contribution in [0.25, 0.3) is 0 Å². The maximum Gasteiger partial charge on any atom is 0.326 e. The van der Waals surface area contributed by atoms with Crippen LogP contribution in [0.4, 0.5) is 4.79 Å². The lowest BCUT2D eigenvalue weighted by Gasteiger charge is -2.22. The number of esters is 1.